The lowest BCUT2D eigenvalue weighted by atomic mass is 10.1. The second kappa shape index (κ2) is 9.84. The van der Waals surface area contributed by atoms with E-state index in [2.05, 4.69) is 20.4 Å². The third-order valence-electron chi connectivity index (χ3n) is 6.36. The first-order valence-corrected chi connectivity index (χ1v) is 13.1. The maximum absolute atomic E-state index is 13.3. The van der Waals surface area contributed by atoms with Crippen LogP contribution in [0.25, 0.3) is 21.7 Å². The van der Waals surface area contributed by atoms with Gasteiger partial charge in [-0.2, -0.15) is 0 Å². The monoisotopic (exact) mass is 531 g/mol. The summed E-state index contributed by atoms with van der Waals surface area (Å²) in [6.07, 6.45) is 1.14. The predicted molar refractivity (Wildman–Crippen MR) is 145 cm³/mol. The Morgan fingerprint density at radius 2 is 1.84 bits per heavy atom. The van der Waals surface area contributed by atoms with Crippen LogP contribution < -0.4 is 10.2 Å². The molecule has 1 amide bonds. The van der Waals surface area contributed by atoms with Crippen molar-refractivity contribution in [2.45, 2.75) is 19.4 Å². The van der Waals surface area contributed by atoms with Crippen LogP contribution in [-0.2, 0) is 11.3 Å². The molecule has 10 heteroatoms. The first kappa shape index (κ1) is 23.4. The third kappa shape index (κ3) is 4.87. The highest BCUT2D eigenvalue weighted by atomic mass is 35.5. The molecule has 0 spiro atoms. The van der Waals surface area contributed by atoms with Gasteiger partial charge < -0.3 is 19.3 Å². The van der Waals surface area contributed by atoms with Crippen LogP contribution in [0, 0.1) is 0 Å². The van der Waals surface area contributed by atoms with E-state index >= 15 is 0 Å². The van der Waals surface area contributed by atoms with Gasteiger partial charge in [0.1, 0.15) is 11.5 Å². The van der Waals surface area contributed by atoms with Gasteiger partial charge in [0.15, 0.2) is 5.76 Å². The molecular weight excluding hydrogens is 510 g/mol. The van der Waals surface area contributed by atoms with Crippen molar-refractivity contribution in [1.29, 1.82) is 0 Å². The van der Waals surface area contributed by atoms with Crippen molar-refractivity contribution in [2.24, 2.45) is 0 Å². The molecule has 0 aliphatic carbocycles. The first-order valence-electron chi connectivity index (χ1n) is 11.9. The summed E-state index contributed by atoms with van der Waals surface area (Å²) in [5.74, 6) is 0.895. The number of thiophene rings is 1. The summed E-state index contributed by atoms with van der Waals surface area (Å²) in [7, 11) is 0. The molecule has 37 heavy (non-hydrogen) atoms. The third-order valence-corrected chi connectivity index (χ3v) is 7.61. The SMILES string of the molecule is O=C1CCN(c2ccc(NC(=O)c3nc4ccccc4n3Cc3cc(-c4ccc(Cl)s4)on3)cc2)CC1. The van der Waals surface area contributed by atoms with Gasteiger partial charge in [0.2, 0.25) is 5.82 Å². The number of benzene rings is 2. The van der Waals surface area contributed by atoms with Crippen molar-refractivity contribution >= 4 is 57.0 Å². The summed E-state index contributed by atoms with van der Waals surface area (Å²) in [5.41, 5.74) is 3.91. The van der Waals surface area contributed by atoms with Crippen molar-refractivity contribution in [3.05, 3.63) is 82.6 Å². The van der Waals surface area contributed by atoms with E-state index in [0.29, 0.717) is 46.6 Å². The fourth-order valence-electron chi connectivity index (χ4n) is 4.48. The topological polar surface area (TPSA) is 93.3 Å². The van der Waals surface area contributed by atoms with Crippen LogP contribution >= 0.6 is 22.9 Å². The van der Waals surface area contributed by atoms with Crippen molar-refractivity contribution in [3.63, 3.8) is 0 Å². The number of aromatic nitrogens is 3. The van der Waals surface area contributed by atoms with Gasteiger partial charge in [0.25, 0.3) is 5.91 Å². The molecule has 1 fully saturated rings. The molecule has 0 atom stereocenters. The molecule has 3 aromatic heterocycles. The van der Waals surface area contributed by atoms with Crippen LogP contribution in [0.15, 0.2) is 71.3 Å². The first-order chi connectivity index (χ1) is 18.0. The molecule has 1 N–H and O–H groups in total. The second-order valence-electron chi connectivity index (χ2n) is 8.82. The molecule has 8 nitrogen and oxygen atoms in total. The molecule has 4 heterocycles. The smallest absolute Gasteiger partial charge is 0.291 e. The molecule has 0 saturated carbocycles. The lowest BCUT2D eigenvalue weighted by Crippen LogP contribution is -2.33. The molecule has 1 aliphatic heterocycles. The highest BCUT2D eigenvalue weighted by molar-refractivity contribution is 7.19. The molecule has 186 valence electrons. The largest absolute Gasteiger partial charge is 0.371 e. The summed E-state index contributed by atoms with van der Waals surface area (Å²) < 4.78 is 8.05. The Kier molecular flexibility index (Phi) is 6.23. The number of nitrogens with one attached hydrogen (secondary N) is 1. The Balaban J connectivity index is 1.24. The van der Waals surface area contributed by atoms with E-state index < -0.39 is 0 Å². The van der Waals surface area contributed by atoms with Gasteiger partial charge in [-0.05, 0) is 48.5 Å². The number of nitrogens with zero attached hydrogens (tertiary/aromatic N) is 4. The van der Waals surface area contributed by atoms with E-state index in [1.54, 1.807) is 0 Å². The molecule has 1 saturated heterocycles. The number of Topliss-reactive ketones (excluding diaryl/α,β-unsaturated/α-hetero) is 1. The number of ketones is 1. The van der Waals surface area contributed by atoms with Gasteiger partial charge in [0, 0.05) is 43.4 Å². The standard InChI is InChI=1S/C27H22ClN5O3S/c28-25-10-9-24(37-25)23-15-18(31-36-23)16-33-22-4-2-1-3-21(22)30-26(33)27(35)29-17-5-7-19(8-6-17)32-13-11-20(34)12-14-32/h1-10,15H,11-14,16H2,(H,29,35). The quantitative estimate of drug-likeness (QED) is 0.294. The molecule has 5 aromatic rings. The van der Waals surface area contributed by atoms with Crippen LogP contribution in [0.2, 0.25) is 4.34 Å². The summed E-state index contributed by atoms with van der Waals surface area (Å²) in [5, 5.41) is 7.17. The number of hydrogen-bond acceptors (Lipinski definition) is 7. The van der Waals surface area contributed by atoms with E-state index in [1.165, 1.54) is 11.3 Å². The Hall–Kier alpha value is -3.95. The number of halogens is 1. The number of hydrogen-bond donors (Lipinski definition) is 1. The van der Waals surface area contributed by atoms with Gasteiger partial charge >= 0.3 is 0 Å². The Morgan fingerprint density at radius 1 is 1.05 bits per heavy atom. The Bertz CT molecular complexity index is 1590. The van der Waals surface area contributed by atoms with Gasteiger partial charge in [0.05, 0.1) is 26.8 Å². The molecule has 0 radical (unpaired) electrons. The minimum absolute atomic E-state index is 0.281. The predicted octanol–water partition coefficient (Wildman–Crippen LogP) is 5.88. The summed E-state index contributed by atoms with van der Waals surface area (Å²) in [4.78, 5) is 32.6. The lowest BCUT2D eigenvalue weighted by molar-refractivity contribution is -0.119. The Labute approximate surface area is 221 Å². The van der Waals surface area contributed by atoms with Crippen LogP contribution in [0.5, 0.6) is 0 Å². The lowest BCUT2D eigenvalue weighted by Gasteiger charge is -2.28. The van der Waals surface area contributed by atoms with Crippen LogP contribution in [0.3, 0.4) is 0 Å². The van der Waals surface area contributed by atoms with E-state index in [-0.39, 0.29) is 11.7 Å². The van der Waals surface area contributed by atoms with Gasteiger partial charge in [-0.3, -0.25) is 9.59 Å². The second-order valence-corrected chi connectivity index (χ2v) is 10.5. The molecule has 2 aromatic carbocycles. The number of para-hydroxylation sites is 2. The number of carbonyl (C=O) groups is 2. The molecule has 0 bridgehead atoms. The normalized spacial score (nSPS) is 13.9. The minimum atomic E-state index is -0.318. The number of rotatable bonds is 6. The number of anilines is 2. The van der Waals surface area contributed by atoms with Gasteiger partial charge in [-0.15, -0.1) is 11.3 Å². The summed E-state index contributed by atoms with van der Waals surface area (Å²) >= 11 is 7.47. The van der Waals surface area contributed by atoms with Gasteiger partial charge in [-0.25, -0.2) is 4.98 Å². The molecule has 6 rings (SSSR count). The van der Waals surface area contributed by atoms with E-state index in [1.807, 2.05) is 71.3 Å². The van der Waals surface area contributed by atoms with Gasteiger partial charge in [-0.1, -0.05) is 28.9 Å². The number of piperidine rings is 1. The van der Waals surface area contributed by atoms with Crippen LogP contribution in [0.1, 0.15) is 29.2 Å². The average Bonchev–Trinajstić information content (AvgIpc) is 3.64. The number of carbonyl (C=O) groups excluding carboxylic acids is 2. The van der Waals surface area contributed by atoms with Crippen LogP contribution in [0.4, 0.5) is 11.4 Å². The fourth-order valence-corrected chi connectivity index (χ4v) is 5.47. The van der Waals surface area contributed by atoms with E-state index in [9.17, 15) is 9.59 Å². The fraction of sp³-hybridized carbons (Fsp3) is 0.185. The zero-order valence-corrected chi connectivity index (χ0v) is 21.3. The zero-order chi connectivity index (χ0) is 25.4. The van der Waals surface area contributed by atoms with Crippen molar-refractivity contribution in [1.82, 2.24) is 14.7 Å². The minimum Gasteiger partial charge on any atom is -0.371 e. The van der Waals surface area contributed by atoms with Crippen molar-refractivity contribution in [2.75, 3.05) is 23.3 Å². The summed E-state index contributed by atoms with van der Waals surface area (Å²) in [6, 6.07) is 20.8. The van der Waals surface area contributed by atoms with Crippen molar-refractivity contribution in [3.8, 4) is 10.6 Å². The maximum Gasteiger partial charge on any atom is 0.291 e. The number of fused-ring (bicyclic) bond motifs is 1. The number of amides is 1. The van der Waals surface area contributed by atoms with Crippen molar-refractivity contribution < 1.29 is 14.1 Å². The average molecular weight is 532 g/mol. The Morgan fingerprint density at radius 3 is 2.59 bits per heavy atom. The summed E-state index contributed by atoms with van der Waals surface area (Å²) in [6.45, 7) is 1.76. The highest BCUT2D eigenvalue weighted by Crippen LogP contribution is 2.32. The van der Waals surface area contributed by atoms with E-state index in [0.717, 1.165) is 34.7 Å². The zero-order valence-electron chi connectivity index (χ0n) is 19.7. The van der Waals surface area contributed by atoms with E-state index in [4.69, 9.17) is 16.1 Å². The molecule has 0 unspecified atom stereocenters. The highest BCUT2D eigenvalue weighted by Gasteiger charge is 2.21. The molecular formula is C27H22ClN5O3S. The van der Waals surface area contributed by atoms with Crippen LogP contribution in [-0.4, -0.2) is 39.5 Å². The maximum atomic E-state index is 13.3. The molecule has 1 aliphatic rings. The number of imidazole rings is 1.